The van der Waals surface area contributed by atoms with E-state index in [0.29, 0.717) is 52.0 Å². The van der Waals surface area contributed by atoms with Crippen LogP contribution < -0.4 is 24.8 Å². The quantitative estimate of drug-likeness (QED) is 0.361. The zero-order valence-corrected chi connectivity index (χ0v) is 22.2. The van der Waals surface area contributed by atoms with E-state index < -0.39 is 14.8 Å². The Morgan fingerprint density at radius 1 is 0.971 bits per heavy atom. The summed E-state index contributed by atoms with van der Waals surface area (Å²) in [6.45, 7) is 12.3. The summed E-state index contributed by atoms with van der Waals surface area (Å²) in [5, 5.41) is 6.44. The van der Waals surface area contributed by atoms with E-state index in [1.54, 1.807) is 20.8 Å². The molecule has 0 unspecified atom stereocenters. The summed E-state index contributed by atoms with van der Waals surface area (Å²) in [7, 11) is -3.36. The van der Waals surface area contributed by atoms with Gasteiger partial charge in [0.2, 0.25) is 15.9 Å². The molecule has 1 amide bonds. The summed E-state index contributed by atoms with van der Waals surface area (Å²) in [5.41, 5.74) is 1.09. The first-order chi connectivity index (χ1) is 16.1. The van der Waals surface area contributed by atoms with Crippen LogP contribution in [-0.4, -0.2) is 51.4 Å². The van der Waals surface area contributed by atoms with Gasteiger partial charge in [-0.2, -0.15) is 0 Å². The molecule has 1 aliphatic carbocycles. The van der Waals surface area contributed by atoms with Gasteiger partial charge in [-0.1, -0.05) is 0 Å². The molecule has 0 bridgehead atoms. The van der Waals surface area contributed by atoms with Crippen molar-refractivity contribution in [2.75, 3.05) is 26.3 Å². The molecule has 0 atom stereocenters. The monoisotopic (exact) mass is 497 g/mol. The van der Waals surface area contributed by atoms with Crippen molar-refractivity contribution in [3.8, 4) is 11.5 Å². The summed E-state index contributed by atoms with van der Waals surface area (Å²) in [6.07, 6.45) is 3.63. The van der Waals surface area contributed by atoms with Crippen molar-refractivity contribution in [1.29, 1.82) is 0 Å². The second kappa shape index (κ2) is 13.3. The van der Waals surface area contributed by atoms with Crippen molar-refractivity contribution in [2.24, 2.45) is 5.92 Å². The minimum atomic E-state index is -3.36. The van der Waals surface area contributed by atoms with E-state index in [2.05, 4.69) is 15.4 Å². The number of nitrogens with one attached hydrogen (secondary N) is 3. The molecule has 9 heteroatoms. The van der Waals surface area contributed by atoms with Gasteiger partial charge in [0, 0.05) is 31.1 Å². The molecule has 0 spiro atoms. The molecule has 1 aromatic carbocycles. The molecule has 194 valence electrons. The fourth-order valence-corrected chi connectivity index (χ4v) is 4.93. The lowest BCUT2D eigenvalue weighted by molar-refractivity contribution is -0.126. The summed E-state index contributed by atoms with van der Waals surface area (Å²) in [6, 6.07) is 5.85. The molecule has 8 nitrogen and oxygen atoms in total. The lowest BCUT2D eigenvalue weighted by atomic mass is 9.86. The fraction of sp³-hybridized carbons (Fsp3) is 0.720. The van der Waals surface area contributed by atoms with Gasteiger partial charge in [0.05, 0.1) is 18.0 Å². The number of carbonyl (C=O) groups is 1. The molecular formula is C25H43N3O5S. The molecule has 1 fully saturated rings. The molecule has 34 heavy (non-hydrogen) atoms. The maximum atomic E-state index is 12.5. The number of sulfonamides is 1. The van der Waals surface area contributed by atoms with Crippen LogP contribution in [-0.2, 0) is 21.4 Å². The van der Waals surface area contributed by atoms with Gasteiger partial charge in [0.1, 0.15) is 11.5 Å². The van der Waals surface area contributed by atoms with Crippen LogP contribution in [0.4, 0.5) is 0 Å². The fourth-order valence-electron chi connectivity index (χ4n) is 3.90. The van der Waals surface area contributed by atoms with Gasteiger partial charge < -0.3 is 20.1 Å². The van der Waals surface area contributed by atoms with Gasteiger partial charge in [0.25, 0.3) is 0 Å². The third-order valence-corrected chi connectivity index (χ3v) is 8.20. The Morgan fingerprint density at radius 3 is 2.09 bits per heavy atom. The first-order valence-corrected chi connectivity index (χ1v) is 13.9. The number of hydrogen-bond donors (Lipinski definition) is 3. The van der Waals surface area contributed by atoms with Gasteiger partial charge in [-0.3, -0.25) is 4.79 Å². The van der Waals surface area contributed by atoms with Gasteiger partial charge in [-0.25, -0.2) is 13.1 Å². The number of rotatable bonds is 13. The number of hydrogen-bond acceptors (Lipinski definition) is 6. The molecule has 0 aromatic heterocycles. The van der Waals surface area contributed by atoms with Crippen LogP contribution in [0.15, 0.2) is 18.2 Å². The van der Waals surface area contributed by atoms with Gasteiger partial charge in [0.15, 0.2) is 0 Å². The maximum absolute atomic E-state index is 12.5. The van der Waals surface area contributed by atoms with E-state index in [4.69, 9.17) is 9.47 Å². The normalized spacial score (nSPS) is 19.0. The second-order valence-corrected chi connectivity index (χ2v) is 12.2. The molecule has 1 aliphatic rings. The van der Waals surface area contributed by atoms with Crippen molar-refractivity contribution < 1.29 is 22.7 Å². The summed E-state index contributed by atoms with van der Waals surface area (Å²) >= 11 is 0. The van der Waals surface area contributed by atoms with E-state index in [9.17, 15) is 13.2 Å². The molecule has 0 radical (unpaired) electrons. The SMILES string of the molecule is CCOc1cc(CNCCCNC(=O)C2CCC(NS(=O)(=O)C(C)(C)C)CC2)cc(OCC)c1. The van der Waals surface area contributed by atoms with Gasteiger partial charge in [-0.05, 0) is 91.0 Å². The molecule has 1 aromatic rings. The van der Waals surface area contributed by atoms with E-state index in [1.165, 1.54) is 0 Å². The first kappa shape index (κ1) is 28.4. The average Bonchev–Trinajstić information content (AvgIpc) is 2.76. The van der Waals surface area contributed by atoms with Crippen LogP contribution in [0.5, 0.6) is 11.5 Å². The lowest BCUT2D eigenvalue weighted by Gasteiger charge is -2.30. The largest absolute Gasteiger partial charge is 0.494 e. The Labute approximate surface area is 205 Å². The summed E-state index contributed by atoms with van der Waals surface area (Å²) < 4.78 is 37.9. The molecule has 2 rings (SSSR count). The van der Waals surface area contributed by atoms with Crippen LogP contribution in [0.2, 0.25) is 0 Å². The van der Waals surface area contributed by atoms with Crippen molar-refractivity contribution in [3.05, 3.63) is 23.8 Å². The van der Waals surface area contributed by atoms with Gasteiger partial charge >= 0.3 is 0 Å². The van der Waals surface area contributed by atoms with E-state index in [0.717, 1.165) is 30.0 Å². The highest BCUT2D eigenvalue weighted by Gasteiger charge is 2.33. The van der Waals surface area contributed by atoms with Crippen LogP contribution in [0.25, 0.3) is 0 Å². The molecule has 0 saturated heterocycles. The van der Waals surface area contributed by atoms with Crippen LogP contribution in [0, 0.1) is 5.92 Å². The summed E-state index contributed by atoms with van der Waals surface area (Å²) in [5.74, 6) is 1.64. The minimum Gasteiger partial charge on any atom is -0.494 e. The van der Waals surface area contributed by atoms with E-state index >= 15 is 0 Å². The predicted molar refractivity (Wildman–Crippen MR) is 136 cm³/mol. The van der Waals surface area contributed by atoms with Crippen molar-refractivity contribution in [3.63, 3.8) is 0 Å². The van der Waals surface area contributed by atoms with Crippen molar-refractivity contribution in [1.82, 2.24) is 15.4 Å². The maximum Gasteiger partial charge on any atom is 0.223 e. The van der Waals surface area contributed by atoms with E-state index in [1.807, 2.05) is 32.0 Å². The number of benzene rings is 1. The number of amides is 1. The topological polar surface area (TPSA) is 106 Å². The van der Waals surface area contributed by atoms with Gasteiger partial charge in [-0.15, -0.1) is 0 Å². The molecule has 1 saturated carbocycles. The van der Waals surface area contributed by atoms with Crippen LogP contribution >= 0.6 is 0 Å². The average molecular weight is 498 g/mol. The Bertz CT molecular complexity index is 851. The van der Waals surface area contributed by atoms with Crippen molar-refractivity contribution in [2.45, 2.75) is 84.1 Å². The predicted octanol–water partition coefficient (Wildman–Crippen LogP) is 3.36. The highest BCUT2D eigenvalue weighted by Crippen LogP contribution is 2.26. The molecule has 0 aliphatic heterocycles. The standard InChI is InChI=1S/C25H43N3O5S/c1-6-32-22-15-19(16-23(17-22)33-7-2)18-26-13-8-14-27-24(29)20-9-11-21(12-10-20)28-34(30,31)25(3,4)5/h15-17,20-21,26,28H,6-14,18H2,1-5H3,(H,27,29). The summed E-state index contributed by atoms with van der Waals surface area (Å²) in [4.78, 5) is 12.5. The van der Waals surface area contributed by atoms with Crippen molar-refractivity contribution >= 4 is 15.9 Å². The Morgan fingerprint density at radius 2 is 1.56 bits per heavy atom. The Hall–Kier alpha value is -1.84. The molecule has 3 N–H and O–H groups in total. The zero-order chi connectivity index (χ0) is 25.2. The number of carbonyl (C=O) groups excluding carboxylic acids is 1. The highest BCUT2D eigenvalue weighted by molar-refractivity contribution is 7.90. The Kier molecular flexibility index (Phi) is 11.1. The Balaban J connectivity index is 1.65. The number of ether oxygens (including phenoxy) is 2. The highest BCUT2D eigenvalue weighted by atomic mass is 32.2. The minimum absolute atomic E-state index is 0.0401. The molecule has 0 heterocycles. The van der Waals surface area contributed by atoms with Crippen LogP contribution in [0.3, 0.4) is 0 Å². The second-order valence-electron chi connectivity index (χ2n) is 9.78. The molecular weight excluding hydrogens is 454 g/mol. The third kappa shape index (κ3) is 9.07. The van der Waals surface area contributed by atoms with Crippen LogP contribution in [0.1, 0.15) is 72.3 Å². The van der Waals surface area contributed by atoms with E-state index in [-0.39, 0.29) is 17.9 Å². The smallest absolute Gasteiger partial charge is 0.223 e. The zero-order valence-electron chi connectivity index (χ0n) is 21.4. The first-order valence-electron chi connectivity index (χ1n) is 12.5. The lowest BCUT2D eigenvalue weighted by Crippen LogP contribution is -2.46. The third-order valence-electron chi connectivity index (χ3n) is 5.95.